The van der Waals surface area contributed by atoms with E-state index in [4.69, 9.17) is 0 Å². The van der Waals surface area contributed by atoms with Crippen molar-refractivity contribution in [1.82, 2.24) is 19.7 Å². The zero-order valence-corrected chi connectivity index (χ0v) is 13.8. The molecule has 1 aliphatic carbocycles. The largest absolute Gasteiger partial charge is 0.260 e. The lowest BCUT2D eigenvalue weighted by Gasteiger charge is -2.38. The van der Waals surface area contributed by atoms with E-state index in [1.807, 2.05) is 0 Å². The van der Waals surface area contributed by atoms with Crippen molar-refractivity contribution in [3.8, 4) is 0 Å². The standard InChI is InChI=1S/C11H19BrN4O2S/c1-11(2)7-5-4-6-8(11)14-19(17,18)10-9(12)13-15-16(10)3/h8,14H,4-7H2,1-3H3. The molecule has 108 valence electrons. The Balaban J connectivity index is 2.27. The van der Waals surface area contributed by atoms with E-state index in [-0.39, 0.29) is 21.1 Å². The summed E-state index contributed by atoms with van der Waals surface area (Å²) in [5.41, 5.74) is -0.0240. The van der Waals surface area contributed by atoms with Gasteiger partial charge in [0.25, 0.3) is 10.0 Å². The van der Waals surface area contributed by atoms with Crippen LogP contribution >= 0.6 is 15.9 Å². The summed E-state index contributed by atoms with van der Waals surface area (Å²) in [5.74, 6) is 0. The third kappa shape index (κ3) is 3.00. The topological polar surface area (TPSA) is 76.9 Å². The predicted octanol–water partition coefficient (Wildman–Crippen LogP) is 1.82. The van der Waals surface area contributed by atoms with Crippen LogP contribution in [0.15, 0.2) is 9.63 Å². The lowest BCUT2D eigenvalue weighted by molar-refractivity contribution is 0.188. The Morgan fingerprint density at radius 1 is 1.42 bits per heavy atom. The Bertz CT molecular complexity index is 548. The quantitative estimate of drug-likeness (QED) is 0.901. The second-order valence-corrected chi connectivity index (χ2v) is 8.10. The molecule has 0 saturated heterocycles. The Morgan fingerprint density at radius 3 is 2.63 bits per heavy atom. The molecule has 0 amide bonds. The summed E-state index contributed by atoms with van der Waals surface area (Å²) < 4.78 is 29.2. The highest BCUT2D eigenvalue weighted by molar-refractivity contribution is 9.10. The molecule has 2 rings (SSSR count). The average Bonchev–Trinajstić information content (AvgIpc) is 2.62. The van der Waals surface area contributed by atoms with Gasteiger partial charge in [-0.15, -0.1) is 5.10 Å². The molecule has 1 heterocycles. The average molecular weight is 351 g/mol. The molecule has 1 atom stereocenters. The molecule has 1 aliphatic rings. The number of nitrogens with one attached hydrogen (secondary N) is 1. The maximum absolute atomic E-state index is 12.4. The van der Waals surface area contributed by atoms with Crippen LogP contribution in [0.4, 0.5) is 0 Å². The summed E-state index contributed by atoms with van der Waals surface area (Å²) in [6, 6.07) is -0.0481. The number of aryl methyl sites for hydroxylation is 1. The van der Waals surface area contributed by atoms with Crippen molar-refractivity contribution in [3.63, 3.8) is 0 Å². The molecule has 6 nitrogen and oxygen atoms in total. The van der Waals surface area contributed by atoms with Crippen LogP contribution in [0.1, 0.15) is 39.5 Å². The van der Waals surface area contributed by atoms with Crippen molar-refractivity contribution in [3.05, 3.63) is 4.60 Å². The molecule has 19 heavy (non-hydrogen) atoms. The summed E-state index contributed by atoms with van der Waals surface area (Å²) in [5, 5.41) is 7.51. The number of hydrogen-bond donors (Lipinski definition) is 1. The molecule has 1 N–H and O–H groups in total. The molecular weight excluding hydrogens is 332 g/mol. The van der Waals surface area contributed by atoms with Crippen molar-refractivity contribution in [2.45, 2.75) is 50.6 Å². The summed E-state index contributed by atoms with van der Waals surface area (Å²) in [6.07, 6.45) is 4.11. The van der Waals surface area contributed by atoms with Gasteiger partial charge in [-0.25, -0.2) is 17.8 Å². The fourth-order valence-electron chi connectivity index (χ4n) is 2.56. The van der Waals surface area contributed by atoms with Crippen LogP contribution in [-0.2, 0) is 17.1 Å². The number of aromatic nitrogens is 3. The van der Waals surface area contributed by atoms with Crippen LogP contribution in [0.2, 0.25) is 0 Å². The Morgan fingerprint density at radius 2 is 2.11 bits per heavy atom. The summed E-state index contributed by atoms with van der Waals surface area (Å²) >= 11 is 3.13. The molecule has 0 bridgehead atoms. The second-order valence-electron chi connectivity index (χ2n) is 5.72. The third-order valence-electron chi connectivity index (χ3n) is 3.80. The van der Waals surface area contributed by atoms with Crippen molar-refractivity contribution in [2.24, 2.45) is 12.5 Å². The fraction of sp³-hybridized carbons (Fsp3) is 0.818. The molecule has 0 aliphatic heterocycles. The lowest BCUT2D eigenvalue weighted by Crippen LogP contribution is -2.47. The van der Waals surface area contributed by atoms with Gasteiger partial charge in [-0.05, 0) is 34.2 Å². The van der Waals surface area contributed by atoms with E-state index < -0.39 is 10.0 Å². The number of sulfonamides is 1. The minimum absolute atomic E-state index is 0.0240. The van der Waals surface area contributed by atoms with E-state index in [0.29, 0.717) is 0 Å². The lowest BCUT2D eigenvalue weighted by atomic mass is 9.74. The number of rotatable bonds is 3. The molecule has 1 saturated carbocycles. The van der Waals surface area contributed by atoms with E-state index >= 15 is 0 Å². The first-order valence-electron chi connectivity index (χ1n) is 6.31. The van der Waals surface area contributed by atoms with E-state index in [1.165, 1.54) is 4.68 Å². The van der Waals surface area contributed by atoms with Gasteiger partial charge in [0.05, 0.1) is 0 Å². The van der Waals surface area contributed by atoms with Crippen molar-refractivity contribution in [2.75, 3.05) is 0 Å². The molecule has 1 unspecified atom stereocenters. The van der Waals surface area contributed by atoms with Gasteiger partial charge in [0.1, 0.15) is 0 Å². The molecule has 1 aromatic heterocycles. The maximum atomic E-state index is 12.4. The Hall–Kier alpha value is -0.470. The van der Waals surface area contributed by atoms with Gasteiger partial charge in [0.2, 0.25) is 5.03 Å². The van der Waals surface area contributed by atoms with Gasteiger partial charge in [-0.2, -0.15) is 0 Å². The first-order valence-corrected chi connectivity index (χ1v) is 8.59. The number of hydrogen-bond acceptors (Lipinski definition) is 4. The van der Waals surface area contributed by atoms with Gasteiger partial charge >= 0.3 is 0 Å². The first kappa shape index (κ1) is 14.9. The number of nitrogens with zero attached hydrogens (tertiary/aromatic N) is 3. The highest BCUT2D eigenvalue weighted by Crippen LogP contribution is 2.36. The second kappa shape index (κ2) is 5.14. The SMILES string of the molecule is Cn1nnc(Br)c1S(=O)(=O)NC1CCCCC1(C)C. The van der Waals surface area contributed by atoms with Crippen molar-refractivity contribution >= 4 is 26.0 Å². The van der Waals surface area contributed by atoms with E-state index in [2.05, 4.69) is 44.8 Å². The van der Waals surface area contributed by atoms with Gasteiger partial charge in [0.15, 0.2) is 4.60 Å². The summed E-state index contributed by atoms with van der Waals surface area (Å²) in [6.45, 7) is 4.21. The van der Waals surface area contributed by atoms with E-state index in [0.717, 1.165) is 25.7 Å². The third-order valence-corrected chi connectivity index (χ3v) is 6.15. The minimum Gasteiger partial charge on any atom is -0.235 e. The Kier molecular flexibility index (Phi) is 4.04. The molecule has 0 radical (unpaired) electrons. The van der Waals surface area contributed by atoms with Crippen LogP contribution < -0.4 is 4.72 Å². The van der Waals surface area contributed by atoms with Crippen LogP contribution in [0.3, 0.4) is 0 Å². The molecule has 0 aromatic carbocycles. The van der Waals surface area contributed by atoms with Crippen LogP contribution in [-0.4, -0.2) is 29.5 Å². The minimum atomic E-state index is -3.61. The number of halogens is 1. The van der Waals surface area contributed by atoms with Gasteiger partial charge in [-0.1, -0.05) is 31.9 Å². The predicted molar refractivity (Wildman–Crippen MR) is 75.1 cm³/mol. The maximum Gasteiger partial charge on any atom is 0.260 e. The molecular formula is C11H19BrN4O2S. The molecule has 1 aromatic rings. The highest BCUT2D eigenvalue weighted by Gasteiger charge is 2.36. The van der Waals surface area contributed by atoms with Crippen LogP contribution in [0.5, 0.6) is 0 Å². The highest BCUT2D eigenvalue weighted by atomic mass is 79.9. The van der Waals surface area contributed by atoms with Gasteiger partial charge < -0.3 is 0 Å². The molecule has 0 spiro atoms. The molecule has 1 fully saturated rings. The van der Waals surface area contributed by atoms with E-state index in [1.54, 1.807) is 7.05 Å². The van der Waals surface area contributed by atoms with Gasteiger partial charge in [-0.3, -0.25) is 0 Å². The Labute approximate surface area is 122 Å². The van der Waals surface area contributed by atoms with E-state index in [9.17, 15) is 8.42 Å². The van der Waals surface area contributed by atoms with Crippen molar-refractivity contribution in [1.29, 1.82) is 0 Å². The summed E-state index contributed by atoms with van der Waals surface area (Å²) in [7, 11) is -2.04. The van der Waals surface area contributed by atoms with Crippen molar-refractivity contribution < 1.29 is 8.42 Å². The van der Waals surface area contributed by atoms with Crippen LogP contribution in [0, 0.1) is 5.41 Å². The zero-order valence-electron chi connectivity index (χ0n) is 11.4. The normalized spacial score (nSPS) is 23.5. The van der Waals surface area contributed by atoms with Gasteiger partial charge in [0, 0.05) is 13.1 Å². The summed E-state index contributed by atoms with van der Waals surface area (Å²) in [4.78, 5) is 0. The fourth-order valence-corrected chi connectivity index (χ4v) is 5.10. The first-order chi connectivity index (χ1) is 8.74. The monoisotopic (exact) mass is 350 g/mol. The smallest absolute Gasteiger partial charge is 0.235 e. The van der Waals surface area contributed by atoms with Crippen LogP contribution in [0.25, 0.3) is 0 Å². The zero-order chi connectivity index (χ0) is 14.3. The molecule has 8 heteroatoms.